The quantitative estimate of drug-likeness (QED) is 0.181. The molecule has 3 nitrogen and oxygen atoms in total. The van der Waals surface area contributed by atoms with Gasteiger partial charge in [-0.3, -0.25) is 0 Å². The highest BCUT2D eigenvalue weighted by molar-refractivity contribution is 6.04. The van der Waals surface area contributed by atoms with Gasteiger partial charge in [0.05, 0.1) is 16.8 Å². The second-order valence-corrected chi connectivity index (χ2v) is 15.7. The largest absolute Gasteiger partial charge is 0.457 e. The molecule has 0 amide bonds. The van der Waals surface area contributed by atoms with Crippen LogP contribution in [0.4, 0.5) is 0 Å². The molecule has 0 N–H and O–H groups in total. The van der Waals surface area contributed by atoms with E-state index >= 15 is 0 Å². The fourth-order valence-electron chi connectivity index (χ4n) is 9.62. The van der Waals surface area contributed by atoms with Crippen LogP contribution in [0.3, 0.4) is 0 Å². The average Bonchev–Trinajstić information content (AvgIpc) is 3.28. The molecule has 11 rings (SSSR count). The van der Waals surface area contributed by atoms with Gasteiger partial charge in [-0.15, -0.1) is 0 Å². The van der Waals surface area contributed by atoms with Crippen LogP contribution >= 0.6 is 0 Å². The predicted molar refractivity (Wildman–Crippen MR) is 232 cm³/mol. The van der Waals surface area contributed by atoms with E-state index in [1.807, 2.05) is 18.2 Å². The van der Waals surface area contributed by atoms with E-state index in [-0.39, 0.29) is 5.41 Å². The van der Waals surface area contributed by atoms with Gasteiger partial charge in [-0.05, 0) is 74.5 Å². The van der Waals surface area contributed by atoms with Crippen molar-refractivity contribution >= 4 is 10.8 Å². The van der Waals surface area contributed by atoms with E-state index in [0.717, 1.165) is 56.1 Å². The maximum Gasteiger partial charge on any atom is 0.160 e. The first-order valence-electron chi connectivity index (χ1n) is 19.7. The summed E-state index contributed by atoms with van der Waals surface area (Å²) < 4.78 is 6.83. The van der Waals surface area contributed by atoms with E-state index < -0.39 is 5.41 Å². The van der Waals surface area contributed by atoms with Gasteiger partial charge >= 0.3 is 0 Å². The van der Waals surface area contributed by atoms with Gasteiger partial charge in [-0.25, -0.2) is 9.97 Å². The monoisotopic (exact) mass is 730 g/mol. The molecule has 0 fully saturated rings. The van der Waals surface area contributed by atoms with Gasteiger partial charge in [0.2, 0.25) is 0 Å². The Kier molecular flexibility index (Phi) is 7.42. The molecule has 0 saturated heterocycles. The van der Waals surface area contributed by atoms with Gasteiger partial charge < -0.3 is 4.74 Å². The topological polar surface area (TPSA) is 35.0 Å². The Morgan fingerprint density at radius 3 is 1.56 bits per heavy atom. The van der Waals surface area contributed by atoms with Crippen LogP contribution in [0, 0.1) is 0 Å². The minimum absolute atomic E-state index is 0.200. The number of benzene rings is 8. The molecule has 1 spiro atoms. The number of hydrogen-bond acceptors (Lipinski definition) is 3. The maximum absolute atomic E-state index is 6.83. The lowest BCUT2D eigenvalue weighted by Gasteiger charge is -2.50. The molecule has 0 radical (unpaired) electrons. The molecular weight excluding hydrogens is 693 g/mol. The van der Waals surface area contributed by atoms with Crippen LogP contribution < -0.4 is 4.74 Å². The van der Waals surface area contributed by atoms with Crippen LogP contribution in [-0.2, 0) is 10.8 Å². The lowest BCUT2D eigenvalue weighted by Crippen LogP contribution is -2.43. The van der Waals surface area contributed by atoms with E-state index in [0.29, 0.717) is 5.82 Å². The Hall–Kier alpha value is -7.10. The SMILES string of the molecule is CC1(C)c2ccccc2C2(c3ccccc3Oc3ccc(-c4cc(-c5ccc(-c6ccccc6)c6ccccc56)nc(-c5ccccc5)n4)cc32)c2ccccc21. The number of nitrogens with zero attached hydrogens (tertiary/aromatic N) is 2. The summed E-state index contributed by atoms with van der Waals surface area (Å²) in [5.74, 6) is 2.41. The van der Waals surface area contributed by atoms with Gasteiger partial charge in [0.1, 0.15) is 11.5 Å². The fraction of sp³-hybridized carbons (Fsp3) is 0.0741. The molecule has 1 aromatic heterocycles. The molecule has 3 heteroatoms. The van der Waals surface area contributed by atoms with Crippen LogP contribution in [0.15, 0.2) is 194 Å². The van der Waals surface area contributed by atoms with Gasteiger partial charge in [0.25, 0.3) is 0 Å². The summed E-state index contributed by atoms with van der Waals surface area (Å²) >= 11 is 0. The van der Waals surface area contributed by atoms with Crippen LogP contribution in [0.2, 0.25) is 0 Å². The van der Waals surface area contributed by atoms with Crippen molar-refractivity contribution in [1.29, 1.82) is 0 Å². The number of para-hydroxylation sites is 1. The highest BCUT2D eigenvalue weighted by atomic mass is 16.5. The Labute approximate surface area is 333 Å². The highest BCUT2D eigenvalue weighted by Gasteiger charge is 2.52. The van der Waals surface area contributed by atoms with Crippen LogP contribution in [0.5, 0.6) is 11.5 Å². The van der Waals surface area contributed by atoms with E-state index in [9.17, 15) is 0 Å². The summed E-state index contributed by atoms with van der Waals surface area (Å²) in [7, 11) is 0. The van der Waals surface area contributed by atoms with Gasteiger partial charge in [0.15, 0.2) is 5.82 Å². The summed E-state index contributed by atoms with van der Waals surface area (Å²) in [6.07, 6.45) is 0. The first kappa shape index (κ1) is 33.3. The van der Waals surface area contributed by atoms with Crippen molar-refractivity contribution < 1.29 is 4.74 Å². The molecule has 1 aliphatic carbocycles. The van der Waals surface area contributed by atoms with Crippen molar-refractivity contribution in [2.45, 2.75) is 24.7 Å². The molecule has 1 aliphatic heterocycles. The molecular formula is C54H38N2O. The Morgan fingerprint density at radius 1 is 0.368 bits per heavy atom. The lowest BCUT2D eigenvalue weighted by molar-refractivity contribution is 0.425. The molecule has 2 aliphatic rings. The van der Waals surface area contributed by atoms with E-state index in [1.54, 1.807) is 0 Å². The molecule has 0 bridgehead atoms. The Bertz CT molecular complexity index is 2970. The summed E-state index contributed by atoms with van der Waals surface area (Å²) in [6, 6.07) is 69.3. The zero-order valence-electron chi connectivity index (χ0n) is 31.8. The number of hydrogen-bond donors (Lipinski definition) is 0. The first-order chi connectivity index (χ1) is 28.0. The molecule has 2 heterocycles. The summed E-state index contributed by atoms with van der Waals surface area (Å²) in [5.41, 5.74) is 13.8. The van der Waals surface area contributed by atoms with E-state index in [4.69, 9.17) is 14.7 Å². The zero-order valence-corrected chi connectivity index (χ0v) is 31.8. The number of fused-ring (bicyclic) bond motifs is 9. The predicted octanol–water partition coefficient (Wildman–Crippen LogP) is 13.4. The van der Waals surface area contributed by atoms with Gasteiger partial charge in [0, 0.05) is 33.2 Å². The normalized spacial score (nSPS) is 14.2. The van der Waals surface area contributed by atoms with E-state index in [2.05, 4.69) is 190 Å². The van der Waals surface area contributed by atoms with Crippen LogP contribution in [0.25, 0.3) is 55.8 Å². The molecule has 9 aromatic rings. The Balaban J connectivity index is 1.17. The zero-order chi connectivity index (χ0) is 38.1. The van der Waals surface area contributed by atoms with Gasteiger partial charge in [-0.1, -0.05) is 178 Å². The smallest absolute Gasteiger partial charge is 0.160 e. The minimum Gasteiger partial charge on any atom is -0.457 e. The van der Waals surface area contributed by atoms with Crippen molar-refractivity contribution in [3.8, 4) is 56.5 Å². The van der Waals surface area contributed by atoms with Crippen molar-refractivity contribution in [3.63, 3.8) is 0 Å². The number of aromatic nitrogens is 2. The minimum atomic E-state index is -0.621. The third-order valence-electron chi connectivity index (χ3n) is 12.2. The molecule has 8 aromatic carbocycles. The third kappa shape index (κ3) is 4.98. The molecule has 0 saturated carbocycles. The standard InChI is InChI=1S/C54H38N2O/c1-53(2)42-23-11-13-25-44(42)54(45-26-14-12-24-43(45)53)46-27-15-16-28-50(46)57-51-32-29-37(33-47(51)54)48-34-49(56-52(55-48)36-19-7-4-8-20-36)41-31-30-38(35-17-5-3-6-18-35)39-21-9-10-22-40(39)41/h3-34H,1-2H3. The van der Waals surface area contributed by atoms with Crippen LogP contribution in [0.1, 0.15) is 47.2 Å². The number of ether oxygens (including phenoxy) is 1. The van der Waals surface area contributed by atoms with Gasteiger partial charge in [-0.2, -0.15) is 0 Å². The second-order valence-electron chi connectivity index (χ2n) is 15.7. The molecule has 270 valence electrons. The Morgan fingerprint density at radius 2 is 0.877 bits per heavy atom. The van der Waals surface area contributed by atoms with Crippen LogP contribution in [-0.4, -0.2) is 9.97 Å². The van der Waals surface area contributed by atoms with E-state index in [1.165, 1.54) is 38.8 Å². The summed E-state index contributed by atoms with van der Waals surface area (Å²) in [6.45, 7) is 4.70. The molecule has 57 heavy (non-hydrogen) atoms. The molecule has 0 unspecified atom stereocenters. The molecule has 0 atom stereocenters. The lowest BCUT2D eigenvalue weighted by atomic mass is 9.53. The van der Waals surface area contributed by atoms with Crippen molar-refractivity contribution in [2.24, 2.45) is 0 Å². The van der Waals surface area contributed by atoms with Crippen molar-refractivity contribution in [3.05, 3.63) is 228 Å². The highest BCUT2D eigenvalue weighted by Crippen LogP contribution is 2.61. The van der Waals surface area contributed by atoms with Crippen molar-refractivity contribution in [2.75, 3.05) is 0 Å². The fourth-order valence-corrected chi connectivity index (χ4v) is 9.62. The maximum atomic E-state index is 6.83. The summed E-state index contributed by atoms with van der Waals surface area (Å²) in [5, 5.41) is 2.33. The first-order valence-corrected chi connectivity index (χ1v) is 19.7. The summed E-state index contributed by atoms with van der Waals surface area (Å²) in [4.78, 5) is 10.6. The number of rotatable bonds is 4. The average molecular weight is 731 g/mol. The third-order valence-corrected chi connectivity index (χ3v) is 12.2. The second kappa shape index (κ2) is 12.7. The van der Waals surface area contributed by atoms with Crippen molar-refractivity contribution in [1.82, 2.24) is 9.97 Å².